The van der Waals surface area contributed by atoms with Crippen LogP contribution in [0.15, 0.2) is 0 Å². The van der Waals surface area contributed by atoms with Gasteiger partial charge >= 0.3 is 0 Å². The molecule has 0 aromatic carbocycles. The van der Waals surface area contributed by atoms with E-state index >= 15 is 0 Å². The van der Waals surface area contributed by atoms with E-state index in [2.05, 4.69) is 39.5 Å². The lowest BCUT2D eigenvalue weighted by atomic mass is 9.41. The van der Waals surface area contributed by atoms with Crippen molar-refractivity contribution in [3.8, 4) is 0 Å². The molecule has 0 amide bonds. The van der Waals surface area contributed by atoms with Gasteiger partial charge in [0.25, 0.3) is 0 Å². The van der Waals surface area contributed by atoms with Gasteiger partial charge in [-0.2, -0.15) is 0 Å². The maximum Gasteiger partial charge on any atom is 0.170 e. The quantitative estimate of drug-likeness (QED) is 0.511. The van der Waals surface area contributed by atoms with Crippen LogP contribution in [0.4, 0.5) is 0 Å². The molecule has 8 rings (SSSR count). The van der Waals surface area contributed by atoms with Crippen molar-refractivity contribution in [2.24, 2.45) is 50.7 Å². The van der Waals surface area contributed by atoms with Crippen molar-refractivity contribution in [1.82, 2.24) is 4.90 Å². The Morgan fingerprint density at radius 2 is 1.65 bits per heavy atom. The van der Waals surface area contributed by atoms with E-state index in [-0.39, 0.29) is 40.8 Å². The number of nitrogens with zero attached hydrogens (tertiary/aromatic N) is 1. The largest absolute Gasteiger partial charge is 0.390 e. The third-order valence-corrected chi connectivity index (χ3v) is 15.5. The van der Waals surface area contributed by atoms with E-state index in [0.717, 1.165) is 58.8 Å². The van der Waals surface area contributed by atoms with Gasteiger partial charge in [0.1, 0.15) is 0 Å². The van der Waals surface area contributed by atoms with Gasteiger partial charge < -0.3 is 24.1 Å². The molecule has 40 heavy (non-hydrogen) atoms. The predicted molar refractivity (Wildman–Crippen MR) is 153 cm³/mol. The summed E-state index contributed by atoms with van der Waals surface area (Å²) in [7, 11) is 0. The first-order chi connectivity index (χ1) is 19.1. The number of fused-ring (bicyclic) bond motifs is 4. The van der Waals surface area contributed by atoms with Crippen LogP contribution in [0.5, 0.6) is 0 Å². The van der Waals surface area contributed by atoms with Crippen LogP contribution in [-0.4, -0.2) is 80.2 Å². The van der Waals surface area contributed by atoms with E-state index < -0.39 is 0 Å². The Labute approximate surface area is 242 Å². The first-order valence-corrected chi connectivity index (χ1v) is 17.0. The van der Waals surface area contributed by atoms with Gasteiger partial charge in [-0.15, -0.1) is 0 Å². The Bertz CT molecular complexity index is 1010. The minimum atomic E-state index is -0.328. The molecule has 13 atom stereocenters. The molecule has 1 N–H and O–H groups in total. The van der Waals surface area contributed by atoms with Gasteiger partial charge in [0, 0.05) is 37.8 Å². The van der Waals surface area contributed by atoms with E-state index in [9.17, 15) is 5.11 Å². The SMILES string of the molecule is C[C@@H]1CCOC2[C@H]1C1(C)CCC34CC35CCC(OC3CN(C6CCOC6)CCO3)C(C)(C)[C@@H]5CCC4[C@]1(C)[C@H]2O. The Morgan fingerprint density at radius 3 is 2.45 bits per heavy atom. The summed E-state index contributed by atoms with van der Waals surface area (Å²) >= 11 is 0. The monoisotopic (exact) mass is 557 g/mol. The lowest BCUT2D eigenvalue weighted by Crippen LogP contribution is -2.60. The topological polar surface area (TPSA) is 60.4 Å². The summed E-state index contributed by atoms with van der Waals surface area (Å²) in [6.45, 7) is 17.7. The summed E-state index contributed by atoms with van der Waals surface area (Å²) in [6, 6.07) is 0.528. The second-order valence-electron chi connectivity index (χ2n) is 16.7. The fourth-order valence-electron chi connectivity index (χ4n) is 13.4. The average Bonchev–Trinajstić information content (AvgIpc) is 3.20. The van der Waals surface area contributed by atoms with E-state index in [1.165, 1.54) is 38.5 Å². The Kier molecular flexibility index (Phi) is 6.08. The van der Waals surface area contributed by atoms with Crippen molar-refractivity contribution in [2.75, 3.05) is 39.5 Å². The van der Waals surface area contributed by atoms with E-state index in [0.29, 0.717) is 40.5 Å². The maximum absolute atomic E-state index is 12.1. The van der Waals surface area contributed by atoms with Crippen molar-refractivity contribution in [3.05, 3.63) is 0 Å². The summed E-state index contributed by atoms with van der Waals surface area (Å²) in [4.78, 5) is 2.55. The predicted octanol–water partition coefficient (Wildman–Crippen LogP) is 5.26. The van der Waals surface area contributed by atoms with Crippen molar-refractivity contribution >= 4 is 0 Å². The number of aliphatic hydroxyl groups is 1. The summed E-state index contributed by atoms with van der Waals surface area (Å²) in [5.41, 5.74) is 1.10. The normalized spacial score (nSPS) is 58.8. The Morgan fingerprint density at radius 1 is 0.850 bits per heavy atom. The summed E-state index contributed by atoms with van der Waals surface area (Å²) in [5, 5.41) is 12.1. The molecule has 6 heteroatoms. The van der Waals surface area contributed by atoms with E-state index in [1.807, 2.05) is 0 Å². The molecule has 5 aliphatic carbocycles. The van der Waals surface area contributed by atoms with Gasteiger partial charge in [0.05, 0.1) is 31.5 Å². The first kappa shape index (κ1) is 27.3. The van der Waals surface area contributed by atoms with Crippen LogP contribution in [0, 0.1) is 50.7 Å². The molecule has 6 nitrogen and oxygen atoms in total. The molecule has 8 unspecified atom stereocenters. The molecule has 0 aromatic rings. The molecule has 0 aromatic heterocycles. The highest BCUT2D eigenvalue weighted by Gasteiger charge is 2.84. The first-order valence-electron chi connectivity index (χ1n) is 17.0. The highest BCUT2D eigenvalue weighted by molar-refractivity contribution is 5.32. The minimum absolute atomic E-state index is 0.0350. The van der Waals surface area contributed by atoms with E-state index in [1.54, 1.807) is 0 Å². The number of hydrogen-bond donors (Lipinski definition) is 1. The summed E-state index contributed by atoms with van der Waals surface area (Å²) < 4.78 is 25.2. The molecule has 0 bridgehead atoms. The van der Waals surface area contributed by atoms with Crippen LogP contribution < -0.4 is 0 Å². The molecule has 8 fully saturated rings. The zero-order chi connectivity index (χ0) is 27.7. The zero-order valence-corrected chi connectivity index (χ0v) is 25.8. The summed E-state index contributed by atoms with van der Waals surface area (Å²) in [6.07, 6.45) is 11.1. The number of morpholine rings is 1. The Hall–Kier alpha value is -0.240. The third-order valence-electron chi connectivity index (χ3n) is 15.5. The molecule has 226 valence electrons. The standard InChI is InChI=1S/C34H55NO5/c1-21-9-16-39-28-27(21)31(4)12-13-34-20-33(34)11-8-25(40-26-18-35(14-17-38-26)22-10-15-37-19-22)30(2,3)23(33)6-7-24(34)32(31,5)29(28)36/h21-29,36H,6-20H2,1-5H3/t21-,22?,23+,24?,25?,26?,27+,28?,29+,31?,32-,33?,34?/m1/s1. The number of hydrogen-bond acceptors (Lipinski definition) is 6. The van der Waals surface area contributed by atoms with Crippen LogP contribution >= 0.6 is 0 Å². The van der Waals surface area contributed by atoms with Gasteiger partial charge in [0.15, 0.2) is 6.29 Å². The highest BCUT2D eigenvalue weighted by atomic mass is 16.7. The van der Waals surface area contributed by atoms with Crippen LogP contribution in [0.3, 0.4) is 0 Å². The van der Waals surface area contributed by atoms with Crippen LogP contribution in [0.25, 0.3) is 0 Å². The van der Waals surface area contributed by atoms with Crippen molar-refractivity contribution in [1.29, 1.82) is 0 Å². The number of ether oxygens (including phenoxy) is 4. The second-order valence-corrected chi connectivity index (χ2v) is 16.7. The zero-order valence-electron chi connectivity index (χ0n) is 25.8. The van der Waals surface area contributed by atoms with Crippen LogP contribution in [0.2, 0.25) is 0 Å². The van der Waals surface area contributed by atoms with Crippen molar-refractivity contribution < 1.29 is 24.1 Å². The molecule has 3 aliphatic heterocycles. The van der Waals surface area contributed by atoms with E-state index in [4.69, 9.17) is 18.9 Å². The molecular weight excluding hydrogens is 502 g/mol. The Balaban J connectivity index is 1.03. The van der Waals surface area contributed by atoms with Crippen LogP contribution in [0.1, 0.15) is 92.4 Å². The van der Waals surface area contributed by atoms with Crippen molar-refractivity contribution in [3.63, 3.8) is 0 Å². The molecule has 3 saturated heterocycles. The molecule has 5 saturated carbocycles. The maximum atomic E-state index is 12.1. The highest BCUT2D eigenvalue weighted by Crippen LogP contribution is 2.89. The van der Waals surface area contributed by atoms with Gasteiger partial charge in [-0.25, -0.2) is 0 Å². The average molecular weight is 558 g/mol. The van der Waals surface area contributed by atoms with Gasteiger partial charge in [0.2, 0.25) is 0 Å². The lowest BCUT2D eigenvalue weighted by molar-refractivity contribution is -0.251. The van der Waals surface area contributed by atoms with Gasteiger partial charge in [-0.05, 0) is 103 Å². The smallest absolute Gasteiger partial charge is 0.170 e. The molecule has 3 heterocycles. The molecule has 0 radical (unpaired) electrons. The van der Waals surface area contributed by atoms with Gasteiger partial charge in [-0.1, -0.05) is 34.6 Å². The fourth-order valence-corrected chi connectivity index (χ4v) is 13.4. The second kappa shape index (κ2) is 8.91. The fraction of sp³-hybridized carbons (Fsp3) is 1.00. The molecule has 2 spiro atoms. The molecule has 8 aliphatic rings. The minimum Gasteiger partial charge on any atom is -0.390 e. The van der Waals surface area contributed by atoms with Crippen molar-refractivity contribution in [2.45, 2.75) is 123 Å². The molecular formula is C34H55NO5. The summed E-state index contributed by atoms with van der Waals surface area (Å²) in [5.74, 6) is 2.45. The van der Waals surface area contributed by atoms with Gasteiger partial charge in [-0.3, -0.25) is 4.90 Å². The van der Waals surface area contributed by atoms with Crippen LogP contribution in [-0.2, 0) is 18.9 Å². The number of aliphatic hydroxyl groups excluding tert-OH is 1. The third kappa shape index (κ3) is 3.28. The lowest BCUT2D eigenvalue weighted by Gasteiger charge is -2.63. The number of rotatable bonds is 3.